The molecular weight excluding hydrogens is 172 g/mol. The van der Waals surface area contributed by atoms with E-state index < -0.39 is 0 Å². The van der Waals surface area contributed by atoms with Gasteiger partial charge in [-0.1, -0.05) is 53.4 Å². The molecule has 0 aliphatic carbocycles. The van der Waals surface area contributed by atoms with Gasteiger partial charge in [0.1, 0.15) is 0 Å². The van der Waals surface area contributed by atoms with E-state index >= 15 is 0 Å². The molecule has 0 amide bonds. The Kier molecular flexibility index (Phi) is 7.26. The number of hydrogen-bond donors (Lipinski definition) is 1. The van der Waals surface area contributed by atoms with Crippen LogP contribution in [0.5, 0.6) is 0 Å². The Morgan fingerprint density at radius 2 is 1.79 bits per heavy atom. The van der Waals surface area contributed by atoms with E-state index in [4.69, 9.17) is 5.11 Å². The maximum Gasteiger partial charge on any atom is 0.0436 e. The molecule has 0 aromatic rings. The predicted octanol–water partition coefficient (Wildman–Crippen LogP) is 4.00. The Hall–Kier alpha value is -0.0400. The first-order valence-electron chi connectivity index (χ1n) is 6.12. The quantitative estimate of drug-likeness (QED) is 0.628. The van der Waals surface area contributed by atoms with Crippen LogP contribution in [-0.2, 0) is 0 Å². The summed E-state index contributed by atoms with van der Waals surface area (Å²) in [5, 5.41) is 8.91. The molecular formula is C13H28O. The minimum Gasteiger partial charge on any atom is -0.396 e. The van der Waals surface area contributed by atoms with E-state index in [-0.39, 0.29) is 0 Å². The fraction of sp³-hybridized carbons (Fsp3) is 1.00. The molecule has 0 radical (unpaired) electrons. The van der Waals surface area contributed by atoms with Gasteiger partial charge in [-0.15, -0.1) is 0 Å². The van der Waals surface area contributed by atoms with Crippen LogP contribution >= 0.6 is 0 Å². The van der Waals surface area contributed by atoms with Crippen molar-refractivity contribution >= 4 is 0 Å². The summed E-state index contributed by atoms with van der Waals surface area (Å²) < 4.78 is 0. The summed E-state index contributed by atoms with van der Waals surface area (Å²) in [6.45, 7) is 9.45. The highest BCUT2D eigenvalue weighted by atomic mass is 16.3. The van der Waals surface area contributed by atoms with E-state index in [0.29, 0.717) is 12.0 Å². The molecule has 0 rings (SSSR count). The normalized spacial score (nSPS) is 14.4. The van der Waals surface area contributed by atoms with E-state index in [1.54, 1.807) is 0 Å². The third kappa shape index (κ3) is 7.37. The van der Waals surface area contributed by atoms with Crippen molar-refractivity contribution in [2.24, 2.45) is 11.3 Å². The summed E-state index contributed by atoms with van der Waals surface area (Å²) in [6, 6.07) is 0. The molecule has 0 aliphatic heterocycles. The van der Waals surface area contributed by atoms with Gasteiger partial charge in [-0.05, 0) is 24.2 Å². The van der Waals surface area contributed by atoms with Crippen LogP contribution in [0.3, 0.4) is 0 Å². The van der Waals surface area contributed by atoms with Gasteiger partial charge < -0.3 is 5.11 Å². The Labute approximate surface area is 89.9 Å². The SMILES string of the molecule is CCCCC(C)CCC(C)(C)CCO. The summed E-state index contributed by atoms with van der Waals surface area (Å²) in [5.74, 6) is 0.855. The maximum absolute atomic E-state index is 8.91. The Bertz CT molecular complexity index is 129. The maximum atomic E-state index is 8.91. The summed E-state index contributed by atoms with van der Waals surface area (Å²) in [7, 11) is 0. The van der Waals surface area contributed by atoms with Gasteiger partial charge in [0.2, 0.25) is 0 Å². The third-order valence-corrected chi connectivity index (χ3v) is 3.15. The molecule has 1 unspecified atom stereocenters. The van der Waals surface area contributed by atoms with Gasteiger partial charge in [0.15, 0.2) is 0 Å². The molecule has 0 fully saturated rings. The second kappa shape index (κ2) is 7.28. The van der Waals surface area contributed by atoms with Gasteiger partial charge in [0, 0.05) is 6.61 Å². The first kappa shape index (κ1) is 14.0. The molecule has 0 saturated heterocycles. The summed E-state index contributed by atoms with van der Waals surface area (Å²) in [5.41, 5.74) is 0.329. The van der Waals surface area contributed by atoms with Gasteiger partial charge >= 0.3 is 0 Å². The zero-order valence-corrected chi connectivity index (χ0v) is 10.5. The molecule has 0 saturated carbocycles. The minimum atomic E-state index is 0.329. The van der Waals surface area contributed by atoms with Crippen LogP contribution < -0.4 is 0 Å². The fourth-order valence-corrected chi connectivity index (χ4v) is 1.76. The van der Waals surface area contributed by atoms with Crippen LogP contribution in [0.1, 0.15) is 66.2 Å². The van der Waals surface area contributed by atoms with Crippen LogP contribution in [0.4, 0.5) is 0 Å². The Balaban J connectivity index is 3.58. The third-order valence-electron chi connectivity index (χ3n) is 3.15. The smallest absolute Gasteiger partial charge is 0.0436 e. The molecule has 1 nitrogen and oxygen atoms in total. The number of rotatable bonds is 8. The Morgan fingerprint density at radius 1 is 1.14 bits per heavy atom. The van der Waals surface area contributed by atoms with Crippen molar-refractivity contribution < 1.29 is 5.11 Å². The van der Waals surface area contributed by atoms with E-state index in [1.807, 2.05) is 0 Å². The minimum absolute atomic E-state index is 0.329. The molecule has 14 heavy (non-hydrogen) atoms. The van der Waals surface area contributed by atoms with Gasteiger partial charge in [0.05, 0.1) is 0 Å². The first-order chi connectivity index (χ1) is 6.52. The van der Waals surface area contributed by atoms with Gasteiger partial charge in [-0.3, -0.25) is 0 Å². The lowest BCUT2D eigenvalue weighted by molar-refractivity contribution is 0.191. The molecule has 0 aromatic carbocycles. The standard InChI is InChI=1S/C13H28O/c1-5-6-7-12(2)8-9-13(3,4)10-11-14/h12,14H,5-11H2,1-4H3. The molecule has 1 heteroatoms. The van der Waals surface area contributed by atoms with E-state index in [9.17, 15) is 0 Å². The lowest BCUT2D eigenvalue weighted by Crippen LogP contribution is -2.14. The Morgan fingerprint density at radius 3 is 2.29 bits per heavy atom. The highest BCUT2D eigenvalue weighted by Crippen LogP contribution is 2.29. The monoisotopic (exact) mass is 200 g/mol. The lowest BCUT2D eigenvalue weighted by Gasteiger charge is -2.25. The van der Waals surface area contributed by atoms with Crippen LogP contribution in [0, 0.1) is 11.3 Å². The second-order valence-electron chi connectivity index (χ2n) is 5.42. The van der Waals surface area contributed by atoms with Crippen molar-refractivity contribution in [3.8, 4) is 0 Å². The second-order valence-corrected chi connectivity index (χ2v) is 5.42. The predicted molar refractivity (Wildman–Crippen MR) is 63.4 cm³/mol. The van der Waals surface area contributed by atoms with Gasteiger partial charge in [0.25, 0.3) is 0 Å². The number of hydrogen-bond acceptors (Lipinski definition) is 1. The van der Waals surface area contributed by atoms with E-state index in [0.717, 1.165) is 12.3 Å². The van der Waals surface area contributed by atoms with Crippen molar-refractivity contribution in [1.82, 2.24) is 0 Å². The van der Waals surface area contributed by atoms with E-state index in [2.05, 4.69) is 27.7 Å². The number of aliphatic hydroxyl groups excluding tert-OH is 1. The van der Waals surface area contributed by atoms with Gasteiger partial charge in [-0.2, -0.15) is 0 Å². The molecule has 0 heterocycles. The summed E-state index contributed by atoms with van der Waals surface area (Å²) in [4.78, 5) is 0. The zero-order chi connectivity index (χ0) is 11.0. The molecule has 0 aliphatic rings. The highest BCUT2D eigenvalue weighted by molar-refractivity contribution is 4.69. The van der Waals surface area contributed by atoms with Crippen LogP contribution in [0.2, 0.25) is 0 Å². The number of aliphatic hydroxyl groups is 1. The first-order valence-corrected chi connectivity index (χ1v) is 6.12. The van der Waals surface area contributed by atoms with Crippen molar-refractivity contribution in [1.29, 1.82) is 0 Å². The molecule has 0 spiro atoms. The molecule has 0 aromatic heterocycles. The highest BCUT2D eigenvalue weighted by Gasteiger charge is 2.17. The van der Waals surface area contributed by atoms with Crippen molar-refractivity contribution in [3.63, 3.8) is 0 Å². The zero-order valence-electron chi connectivity index (χ0n) is 10.5. The summed E-state index contributed by atoms with van der Waals surface area (Å²) in [6.07, 6.45) is 7.54. The van der Waals surface area contributed by atoms with E-state index in [1.165, 1.54) is 32.1 Å². The summed E-state index contributed by atoms with van der Waals surface area (Å²) >= 11 is 0. The molecule has 86 valence electrons. The number of unbranched alkanes of at least 4 members (excludes halogenated alkanes) is 1. The average molecular weight is 200 g/mol. The average Bonchev–Trinajstić information content (AvgIpc) is 2.11. The van der Waals surface area contributed by atoms with Crippen molar-refractivity contribution in [2.75, 3.05) is 6.61 Å². The van der Waals surface area contributed by atoms with Crippen molar-refractivity contribution in [3.05, 3.63) is 0 Å². The van der Waals surface area contributed by atoms with Crippen LogP contribution in [-0.4, -0.2) is 11.7 Å². The van der Waals surface area contributed by atoms with Crippen molar-refractivity contribution in [2.45, 2.75) is 66.2 Å². The molecule has 0 bridgehead atoms. The topological polar surface area (TPSA) is 20.2 Å². The fourth-order valence-electron chi connectivity index (χ4n) is 1.76. The van der Waals surface area contributed by atoms with Crippen LogP contribution in [0.25, 0.3) is 0 Å². The largest absolute Gasteiger partial charge is 0.396 e. The van der Waals surface area contributed by atoms with Gasteiger partial charge in [-0.25, -0.2) is 0 Å². The van der Waals surface area contributed by atoms with Crippen LogP contribution in [0.15, 0.2) is 0 Å². The lowest BCUT2D eigenvalue weighted by atomic mass is 9.81. The molecule has 1 N–H and O–H groups in total. The molecule has 1 atom stereocenters.